The molecule has 1 aliphatic heterocycles. The van der Waals surface area contributed by atoms with E-state index in [-0.39, 0.29) is 62.2 Å². The van der Waals surface area contributed by atoms with Crippen LogP contribution in [0.15, 0.2) is 60.7 Å². The molecule has 3 heterocycles. The smallest absolute Gasteiger partial charge is 0.329 e. The van der Waals surface area contributed by atoms with Gasteiger partial charge >= 0.3 is 23.9 Å². The maximum absolute atomic E-state index is 15.1. The van der Waals surface area contributed by atoms with E-state index in [2.05, 4.69) is 10.2 Å². The Bertz CT molecular complexity index is 2760. The van der Waals surface area contributed by atoms with E-state index in [1.165, 1.54) is 56.3 Å². The molecular weight excluding hydrogens is 1100 g/mol. The Hall–Kier alpha value is -7.78. The van der Waals surface area contributed by atoms with Crippen LogP contribution in [0, 0.1) is 37.5 Å². The van der Waals surface area contributed by atoms with Crippen molar-refractivity contribution in [2.45, 2.75) is 183 Å². The highest BCUT2D eigenvalue weighted by atomic mass is 16.6. The molecule has 2 aromatic carbocycles. The molecule has 0 N–H and O–H groups in total. The number of methoxy groups -OCH3 is 2. The molecule has 0 saturated carbocycles. The summed E-state index contributed by atoms with van der Waals surface area (Å²) in [4.78, 5) is 123. The zero-order valence-electron chi connectivity index (χ0n) is 53.7. The number of hydrogen-bond donors (Lipinski definition) is 0. The molecule has 0 radical (unpaired) electrons. The van der Waals surface area contributed by atoms with Gasteiger partial charge in [-0.25, -0.2) is 19.2 Å². The molecule has 22 nitrogen and oxygen atoms in total. The van der Waals surface area contributed by atoms with Crippen LogP contribution in [-0.2, 0) is 83.2 Å². The quantitative estimate of drug-likeness (QED) is 0.0736. The highest BCUT2D eigenvalue weighted by Gasteiger charge is 2.43. The summed E-state index contributed by atoms with van der Waals surface area (Å²) in [5.41, 5.74) is 4.70. The minimum absolute atomic E-state index is 0.0702. The van der Waals surface area contributed by atoms with E-state index in [1.54, 1.807) is 33.6 Å². The Labute approximate surface area is 507 Å². The summed E-state index contributed by atoms with van der Waals surface area (Å²) in [7, 11) is 8.63. The number of benzene rings is 2. The van der Waals surface area contributed by atoms with Gasteiger partial charge in [-0.05, 0) is 99.3 Å². The number of rotatable bonds is 18. The second-order valence-corrected chi connectivity index (χ2v) is 24.4. The Kier molecular flexibility index (Phi) is 24.9. The highest BCUT2D eigenvalue weighted by molar-refractivity contribution is 5.94. The number of carbonyl (C=O) groups is 8. The third kappa shape index (κ3) is 18.6. The van der Waals surface area contributed by atoms with Crippen molar-refractivity contribution < 1.29 is 66.8 Å². The predicted molar refractivity (Wildman–Crippen MR) is 320 cm³/mol. The summed E-state index contributed by atoms with van der Waals surface area (Å²) in [6.45, 7) is 22.1. The van der Waals surface area contributed by atoms with Gasteiger partial charge in [-0.3, -0.25) is 28.5 Å². The van der Waals surface area contributed by atoms with Gasteiger partial charge in [0.2, 0.25) is 11.8 Å². The standard InChI is InChI=1S/C64H92N8O14/c1-37(2)27-49-61(77)83-43(11)57(73)67(13)52(30-40(7)8)64(80)86-54(34-46-21-25-48(26-22-46)36-72-42(10)32-56(66-72)82-18)60(76)70(16)50(28-38(3)4)62(78)84-44(12)58(74)68(14)51(29-39(5)6)63(79)85-53(59(75)69(49)15)33-45-19-23-47(24-20-45)35-71-41(9)31-55(65-71)81-17/h19-26,31-32,37-40,43-44,49-54H,27-30,33-36H2,1-18H3/t43-,44-,49+,50+,51+,52+,53-,54-/m1/s1. The number of likely N-dealkylation sites (N-methyl/N-ethyl adjacent to an activating group) is 4. The molecule has 2 aromatic heterocycles. The second kappa shape index (κ2) is 31.0. The van der Waals surface area contributed by atoms with E-state index >= 15 is 9.59 Å². The summed E-state index contributed by atoms with van der Waals surface area (Å²) in [6, 6.07) is 13.0. The Morgan fingerprint density at radius 1 is 0.419 bits per heavy atom. The first-order chi connectivity index (χ1) is 40.4. The van der Waals surface area contributed by atoms with Crippen molar-refractivity contribution in [1.82, 2.24) is 39.2 Å². The van der Waals surface area contributed by atoms with E-state index in [9.17, 15) is 28.8 Å². The fourth-order valence-electron chi connectivity index (χ4n) is 10.3. The number of esters is 4. The van der Waals surface area contributed by atoms with Crippen LogP contribution in [0.4, 0.5) is 0 Å². The van der Waals surface area contributed by atoms with Crippen molar-refractivity contribution in [2.75, 3.05) is 42.4 Å². The molecule has 0 aliphatic carbocycles. The zero-order valence-corrected chi connectivity index (χ0v) is 53.7. The largest absolute Gasteiger partial charge is 0.480 e. The minimum atomic E-state index is -1.56. The van der Waals surface area contributed by atoms with Crippen molar-refractivity contribution >= 4 is 47.5 Å². The molecule has 1 saturated heterocycles. The van der Waals surface area contributed by atoms with Crippen molar-refractivity contribution in [1.29, 1.82) is 0 Å². The lowest BCUT2D eigenvalue weighted by molar-refractivity contribution is -0.176. The fourth-order valence-corrected chi connectivity index (χ4v) is 10.3. The van der Waals surface area contributed by atoms with Gasteiger partial charge < -0.3 is 48.0 Å². The number of cyclic esters (lactones) is 4. The van der Waals surface area contributed by atoms with E-state index < -0.39 is 96.1 Å². The van der Waals surface area contributed by atoms with E-state index in [0.717, 1.165) is 42.1 Å². The van der Waals surface area contributed by atoms with Crippen LogP contribution in [0.2, 0.25) is 0 Å². The Morgan fingerprint density at radius 2 is 0.674 bits per heavy atom. The van der Waals surface area contributed by atoms with Crippen LogP contribution >= 0.6 is 0 Å². The van der Waals surface area contributed by atoms with Crippen LogP contribution in [-0.4, -0.2) is 178 Å². The molecule has 0 bridgehead atoms. The summed E-state index contributed by atoms with van der Waals surface area (Å²) in [5, 5.41) is 8.94. The van der Waals surface area contributed by atoms with Gasteiger partial charge in [0.15, 0.2) is 24.4 Å². The summed E-state index contributed by atoms with van der Waals surface area (Å²) < 4.78 is 38.5. The number of aromatic nitrogens is 4. The lowest BCUT2D eigenvalue weighted by Gasteiger charge is -2.35. The number of ether oxygens (including phenoxy) is 6. The van der Waals surface area contributed by atoms with Crippen molar-refractivity contribution in [2.24, 2.45) is 23.7 Å². The Balaban J connectivity index is 1.59. The summed E-state index contributed by atoms with van der Waals surface area (Å²) in [5.74, 6) is -6.64. The average molecular weight is 1200 g/mol. The lowest BCUT2D eigenvalue weighted by atomic mass is 9.99. The molecule has 5 rings (SSSR count). The molecule has 472 valence electrons. The SMILES string of the molecule is COc1cc(C)n(Cc2ccc(C[C@H]3OC(=O)[C@H](CC(C)C)N(C)C(=O)[C@@H](C)OC(=O)[C@H](CC(C)C)N(C)C(=O)[C@@H](Cc4ccc(Cn5nc(OC)cc5C)cc4)OC(=O)[C@H](CC(C)C)N(C)C(=O)[C@@H](C)OC(=O)[C@H](CC(C)C)N(C)C3=O)cc2)n1. The fraction of sp³-hybridized carbons (Fsp3) is 0.594. The van der Waals surface area contributed by atoms with Gasteiger partial charge in [-0.1, -0.05) is 104 Å². The maximum Gasteiger partial charge on any atom is 0.329 e. The third-order valence-electron chi connectivity index (χ3n) is 15.4. The number of amides is 4. The average Bonchev–Trinajstić information content (AvgIpc) is 3.28. The first-order valence-electron chi connectivity index (χ1n) is 29.6. The van der Waals surface area contributed by atoms with Crippen molar-refractivity contribution in [3.05, 3.63) is 94.3 Å². The molecule has 22 heteroatoms. The van der Waals surface area contributed by atoms with Crippen molar-refractivity contribution in [3.63, 3.8) is 0 Å². The lowest BCUT2D eigenvalue weighted by Crippen LogP contribution is -2.55. The number of aryl methyl sites for hydroxylation is 2. The van der Waals surface area contributed by atoms with E-state index in [0.29, 0.717) is 36.0 Å². The van der Waals surface area contributed by atoms with Crippen LogP contribution in [0.3, 0.4) is 0 Å². The summed E-state index contributed by atoms with van der Waals surface area (Å²) >= 11 is 0. The molecule has 1 fully saturated rings. The normalized spacial score (nSPS) is 22.4. The van der Waals surface area contributed by atoms with Gasteiger partial charge in [0, 0.05) is 64.6 Å². The molecule has 1 aliphatic rings. The van der Waals surface area contributed by atoms with Crippen LogP contribution in [0.25, 0.3) is 0 Å². The zero-order chi connectivity index (χ0) is 64.0. The van der Waals surface area contributed by atoms with Gasteiger partial charge in [0.25, 0.3) is 23.6 Å². The third-order valence-corrected chi connectivity index (χ3v) is 15.4. The second-order valence-electron chi connectivity index (χ2n) is 24.4. The number of hydrogen-bond acceptors (Lipinski definition) is 16. The van der Waals surface area contributed by atoms with Crippen molar-refractivity contribution in [3.8, 4) is 11.8 Å². The van der Waals surface area contributed by atoms with Crippen LogP contribution in [0.1, 0.15) is 129 Å². The van der Waals surface area contributed by atoms with Crippen LogP contribution in [0.5, 0.6) is 11.8 Å². The van der Waals surface area contributed by atoms with Crippen LogP contribution < -0.4 is 9.47 Å². The van der Waals surface area contributed by atoms with Gasteiger partial charge in [0.05, 0.1) is 27.3 Å². The monoisotopic (exact) mass is 1200 g/mol. The Morgan fingerprint density at radius 3 is 0.930 bits per heavy atom. The van der Waals surface area contributed by atoms with Gasteiger partial charge in [-0.15, -0.1) is 10.2 Å². The van der Waals surface area contributed by atoms with Gasteiger partial charge in [-0.2, -0.15) is 0 Å². The predicted octanol–water partition coefficient (Wildman–Crippen LogP) is 6.79. The topological polar surface area (TPSA) is 241 Å². The minimum Gasteiger partial charge on any atom is -0.480 e. The molecule has 8 atom stereocenters. The highest BCUT2D eigenvalue weighted by Crippen LogP contribution is 2.25. The molecule has 0 unspecified atom stereocenters. The maximum atomic E-state index is 15.1. The molecule has 86 heavy (non-hydrogen) atoms. The van der Waals surface area contributed by atoms with Gasteiger partial charge in [0.1, 0.15) is 24.2 Å². The first-order valence-corrected chi connectivity index (χ1v) is 29.6. The number of nitrogens with zero attached hydrogens (tertiary/aromatic N) is 8. The number of carbonyl (C=O) groups excluding carboxylic acids is 8. The molecule has 0 spiro atoms. The van der Waals surface area contributed by atoms with E-state index in [1.807, 2.05) is 106 Å². The molecule has 4 amide bonds. The summed E-state index contributed by atoms with van der Waals surface area (Å²) in [6.07, 6.45) is -6.13. The van der Waals surface area contributed by atoms with E-state index in [4.69, 9.17) is 28.4 Å². The molecular formula is C64H92N8O14. The first kappa shape index (κ1) is 69.0. The molecule has 4 aromatic rings.